The zero-order valence-corrected chi connectivity index (χ0v) is 18.1. The summed E-state index contributed by atoms with van der Waals surface area (Å²) in [5.41, 5.74) is 6.52. The molecule has 1 aliphatic rings. The van der Waals surface area contributed by atoms with Crippen LogP contribution in [0.3, 0.4) is 0 Å². The maximum absolute atomic E-state index is 13.0. The normalized spacial score (nSPS) is 14.7. The monoisotopic (exact) mass is 424 g/mol. The Hall–Kier alpha value is -3.51. The molecule has 4 heterocycles. The number of nitrogens with zero attached hydrogens (tertiary/aromatic N) is 4. The number of aromatic nitrogens is 4. The number of aryl methyl sites for hydroxylation is 2. The molecule has 0 saturated carbocycles. The molecule has 0 unspecified atom stereocenters. The molecule has 0 radical (unpaired) electrons. The number of fused-ring (bicyclic) bond motifs is 3. The van der Waals surface area contributed by atoms with E-state index in [1.807, 2.05) is 36.0 Å². The van der Waals surface area contributed by atoms with E-state index in [0.717, 1.165) is 60.8 Å². The Morgan fingerprint density at radius 2 is 1.87 bits per heavy atom. The van der Waals surface area contributed by atoms with Gasteiger partial charge in [-0.2, -0.15) is 0 Å². The fourth-order valence-electron chi connectivity index (χ4n) is 4.36. The number of imidazole rings is 1. The second kappa shape index (κ2) is 6.75. The van der Waals surface area contributed by atoms with Crippen molar-refractivity contribution in [1.82, 2.24) is 19.1 Å². The molecule has 152 valence electrons. The Labute approximate surface area is 182 Å². The van der Waals surface area contributed by atoms with Gasteiger partial charge < -0.3 is 0 Å². The molecule has 0 N–H and O–H groups in total. The van der Waals surface area contributed by atoms with E-state index in [-0.39, 0.29) is 5.56 Å². The molecule has 1 aliphatic heterocycles. The van der Waals surface area contributed by atoms with Crippen LogP contribution in [-0.2, 0) is 6.54 Å². The van der Waals surface area contributed by atoms with E-state index >= 15 is 0 Å². The van der Waals surface area contributed by atoms with Crippen LogP contribution in [0.15, 0.2) is 59.7 Å². The second-order valence-electron chi connectivity index (χ2n) is 7.97. The standard InChI is InChI=1S/C25H20N4OS/c1-15-16(2)31-24-22(15)25(30)28-12-11-18(23(28)27-24)13-17-7-9-19(10-8-17)29-14-26-20-5-3-4-6-21(20)29/h3-10,13-14H,11-12H2,1-2H3. The van der Waals surface area contributed by atoms with Crippen LogP contribution < -0.4 is 5.56 Å². The van der Waals surface area contributed by atoms with Crippen molar-refractivity contribution < 1.29 is 0 Å². The highest BCUT2D eigenvalue weighted by Crippen LogP contribution is 2.32. The molecule has 2 aromatic carbocycles. The molecular weight excluding hydrogens is 404 g/mol. The fourth-order valence-corrected chi connectivity index (χ4v) is 5.38. The van der Waals surface area contributed by atoms with Gasteiger partial charge in [0.05, 0.1) is 16.4 Å². The van der Waals surface area contributed by atoms with Crippen LogP contribution in [0.5, 0.6) is 0 Å². The number of hydrogen-bond acceptors (Lipinski definition) is 4. The Kier molecular flexibility index (Phi) is 3.98. The van der Waals surface area contributed by atoms with Crippen molar-refractivity contribution in [3.63, 3.8) is 0 Å². The van der Waals surface area contributed by atoms with Crippen molar-refractivity contribution in [2.45, 2.75) is 26.8 Å². The summed E-state index contributed by atoms with van der Waals surface area (Å²) in [6.45, 7) is 4.76. The maximum atomic E-state index is 13.0. The summed E-state index contributed by atoms with van der Waals surface area (Å²) in [4.78, 5) is 24.4. The average molecular weight is 425 g/mol. The molecule has 0 spiro atoms. The van der Waals surface area contributed by atoms with Crippen molar-refractivity contribution in [3.8, 4) is 5.69 Å². The minimum atomic E-state index is 0.0904. The molecule has 0 atom stereocenters. The largest absolute Gasteiger partial charge is 0.299 e. The van der Waals surface area contributed by atoms with E-state index in [4.69, 9.17) is 4.98 Å². The number of benzene rings is 2. The smallest absolute Gasteiger partial charge is 0.262 e. The Morgan fingerprint density at radius 3 is 2.71 bits per heavy atom. The highest BCUT2D eigenvalue weighted by Gasteiger charge is 2.23. The average Bonchev–Trinajstić information content (AvgIpc) is 3.46. The number of rotatable bonds is 2. The van der Waals surface area contributed by atoms with E-state index in [1.54, 1.807) is 11.3 Å². The summed E-state index contributed by atoms with van der Waals surface area (Å²) >= 11 is 1.61. The minimum absolute atomic E-state index is 0.0904. The van der Waals surface area contributed by atoms with Gasteiger partial charge >= 0.3 is 0 Å². The summed E-state index contributed by atoms with van der Waals surface area (Å²) in [7, 11) is 0. The zero-order chi connectivity index (χ0) is 21.1. The first-order chi connectivity index (χ1) is 15.1. The molecule has 0 saturated heterocycles. The first kappa shape index (κ1) is 18.3. The van der Waals surface area contributed by atoms with Crippen LogP contribution in [0.1, 0.15) is 28.2 Å². The lowest BCUT2D eigenvalue weighted by atomic mass is 10.1. The lowest BCUT2D eigenvalue weighted by molar-refractivity contribution is 0.726. The van der Waals surface area contributed by atoms with Gasteiger partial charge in [-0.3, -0.25) is 13.9 Å². The van der Waals surface area contributed by atoms with Crippen LogP contribution in [-0.4, -0.2) is 19.1 Å². The molecule has 0 amide bonds. The van der Waals surface area contributed by atoms with Crippen molar-refractivity contribution in [2.75, 3.05) is 0 Å². The SMILES string of the molecule is Cc1sc2nc3n(c(=O)c2c1C)CCC3=Cc1ccc(-n2cnc3ccccc32)cc1. The van der Waals surface area contributed by atoms with Crippen LogP contribution in [0, 0.1) is 13.8 Å². The molecule has 6 heteroatoms. The van der Waals surface area contributed by atoms with E-state index in [9.17, 15) is 4.79 Å². The molecule has 3 aromatic heterocycles. The lowest BCUT2D eigenvalue weighted by Gasteiger charge is -2.06. The van der Waals surface area contributed by atoms with Crippen molar-refractivity contribution in [2.24, 2.45) is 0 Å². The summed E-state index contributed by atoms with van der Waals surface area (Å²) in [5, 5.41) is 0.782. The van der Waals surface area contributed by atoms with Gasteiger partial charge in [0.1, 0.15) is 17.0 Å². The third-order valence-corrected chi connectivity index (χ3v) is 7.25. The molecular formula is C25H20N4OS. The third-order valence-electron chi connectivity index (χ3n) is 6.15. The van der Waals surface area contributed by atoms with E-state index < -0.39 is 0 Å². The molecule has 0 bridgehead atoms. The number of para-hydroxylation sites is 2. The predicted molar refractivity (Wildman–Crippen MR) is 127 cm³/mol. The van der Waals surface area contributed by atoms with Gasteiger partial charge in [0.25, 0.3) is 5.56 Å². The summed E-state index contributed by atoms with van der Waals surface area (Å²) in [6.07, 6.45) is 4.84. The van der Waals surface area contributed by atoms with Crippen molar-refractivity contribution in [1.29, 1.82) is 0 Å². The molecule has 5 aromatic rings. The first-order valence-corrected chi connectivity index (χ1v) is 11.2. The summed E-state index contributed by atoms with van der Waals surface area (Å²) < 4.78 is 3.93. The van der Waals surface area contributed by atoms with Gasteiger partial charge in [-0.05, 0) is 67.3 Å². The molecule has 0 fully saturated rings. The quantitative estimate of drug-likeness (QED) is 0.383. The maximum Gasteiger partial charge on any atom is 0.262 e. The summed E-state index contributed by atoms with van der Waals surface area (Å²) in [5.74, 6) is 0.809. The molecule has 5 nitrogen and oxygen atoms in total. The van der Waals surface area contributed by atoms with Crippen molar-refractivity contribution >= 4 is 44.2 Å². The molecule has 31 heavy (non-hydrogen) atoms. The topological polar surface area (TPSA) is 52.7 Å². The van der Waals surface area contributed by atoms with Gasteiger partial charge in [-0.15, -0.1) is 11.3 Å². The van der Waals surface area contributed by atoms with Gasteiger partial charge in [-0.25, -0.2) is 9.97 Å². The number of thiophene rings is 1. The van der Waals surface area contributed by atoms with E-state index in [1.165, 1.54) is 0 Å². The van der Waals surface area contributed by atoms with E-state index in [2.05, 4.69) is 52.9 Å². The highest BCUT2D eigenvalue weighted by atomic mass is 32.1. The van der Waals surface area contributed by atoms with Crippen molar-refractivity contribution in [3.05, 3.63) is 87.0 Å². The van der Waals surface area contributed by atoms with Crippen LogP contribution in [0.25, 0.3) is 38.6 Å². The first-order valence-electron chi connectivity index (χ1n) is 10.3. The van der Waals surface area contributed by atoms with Gasteiger partial charge in [0.15, 0.2) is 0 Å². The lowest BCUT2D eigenvalue weighted by Crippen LogP contribution is -2.20. The van der Waals surface area contributed by atoms with Gasteiger partial charge in [0, 0.05) is 17.1 Å². The fraction of sp³-hybridized carbons (Fsp3) is 0.160. The number of hydrogen-bond donors (Lipinski definition) is 0. The second-order valence-corrected chi connectivity index (χ2v) is 9.17. The van der Waals surface area contributed by atoms with Crippen LogP contribution in [0.2, 0.25) is 0 Å². The van der Waals surface area contributed by atoms with Crippen LogP contribution in [0.4, 0.5) is 0 Å². The highest BCUT2D eigenvalue weighted by molar-refractivity contribution is 7.18. The minimum Gasteiger partial charge on any atom is -0.299 e. The Morgan fingerprint density at radius 1 is 1.06 bits per heavy atom. The van der Waals surface area contributed by atoms with E-state index in [0.29, 0.717) is 6.54 Å². The number of allylic oxidation sites excluding steroid dienone is 1. The molecule has 6 rings (SSSR count). The van der Waals surface area contributed by atoms with Crippen LogP contribution >= 0.6 is 11.3 Å². The summed E-state index contributed by atoms with van der Waals surface area (Å²) in [6, 6.07) is 16.5. The van der Waals surface area contributed by atoms with Gasteiger partial charge in [-0.1, -0.05) is 24.3 Å². The zero-order valence-electron chi connectivity index (χ0n) is 17.3. The third kappa shape index (κ3) is 2.79. The molecule has 0 aliphatic carbocycles. The Balaban J connectivity index is 1.39. The Bertz CT molecular complexity index is 1570. The van der Waals surface area contributed by atoms with Gasteiger partial charge in [0.2, 0.25) is 0 Å². The predicted octanol–water partition coefficient (Wildman–Crippen LogP) is 5.36.